The molecule has 0 spiro atoms. The van der Waals surface area contributed by atoms with Crippen LogP contribution in [0.15, 0.2) is 54.6 Å². The Morgan fingerprint density at radius 2 is 1.78 bits per heavy atom. The lowest BCUT2D eigenvalue weighted by atomic mass is 10.2. The van der Waals surface area contributed by atoms with Crippen LogP contribution in [0.2, 0.25) is 0 Å². The van der Waals surface area contributed by atoms with Crippen molar-refractivity contribution in [2.24, 2.45) is 0 Å². The van der Waals surface area contributed by atoms with E-state index in [0.717, 1.165) is 27.9 Å². The predicted molar refractivity (Wildman–Crippen MR) is 111 cm³/mol. The van der Waals surface area contributed by atoms with Crippen molar-refractivity contribution in [1.82, 2.24) is 5.32 Å². The molecular formula is C19H17N3O3S2. The summed E-state index contributed by atoms with van der Waals surface area (Å²) in [4.78, 5) is 38.0. The van der Waals surface area contributed by atoms with E-state index in [1.807, 2.05) is 31.2 Å². The smallest absolute Gasteiger partial charge is 0.293 e. The molecule has 0 saturated carbocycles. The number of hydrogen-bond acceptors (Lipinski definition) is 5. The minimum Gasteiger partial charge on any atom is -0.332 e. The SMILES string of the molecule is Cc1ccc(NC(=S)NC(=O)CC2SC(=O)N(c3ccccc3)C2=O)cc1. The molecule has 8 heteroatoms. The largest absolute Gasteiger partial charge is 0.332 e. The highest BCUT2D eigenvalue weighted by Crippen LogP contribution is 2.33. The monoisotopic (exact) mass is 399 g/mol. The van der Waals surface area contributed by atoms with E-state index >= 15 is 0 Å². The first-order valence-corrected chi connectivity index (χ1v) is 9.50. The second-order valence-electron chi connectivity index (χ2n) is 5.95. The summed E-state index contributed by atoms with van der Waals surface area (Å²) in [6.45, 7) is 1.97. The van der Waals surface area contributed by atoms with Crippen molar-refractivity contribution >= 4 is 57.5 Å². The average Bonchev–Trinajstić information content (AvgIpc) is 2.91. The molecule has 0 radical (unpaired) electrons. The number of aryl methyl sites for hydroxylation is 1. The van der Waals surface area contributed by atoms with Gasteiger partial charge < -0.3 is 10.6 Å². The summed E-state index contributed by atoms with van der Waals surface area (Å²) in [7, 11) is 0. The third kappa shape index (κ3) is 4.72. The molecule has 0 aromatic heterocycles. The van der Waals surface area contributed by atoms with Crippen LogP contribution < -0.4 is 15.5 Å². The van der Waals surface area contributed by atoms with Crippen LogP contribution in [0.4, 0.5) is 16.2 Å². The number of nitrogens with zero attached hydrogens (tertiary/aromatic N) is 1. The van der Waals surface area contributed by atoms with Crippen molar-refractivity contribution < 1.29 is 14.4 Å². The zero-order valence-corrected chi connectivity index (χ0v) is 16.1. The molecule has 1 fully saturated rings. The highest BCUT2D eigenvalue weighted by molar-refractivity contribution is 8.15. The fourth-order valence-electron chi connectivity index (χ4n) is 2.54. The van der Waals surface area contributed by atoms with Crippen LogP contribution in [0.3, 0.4) is 0 Å². The standard InChI is InChI=1S/C19H17N3O3S2/c1-12-7-9-13(10-8-12)20-18(26)21-16(23)11-15-17(24)22(19(25)27-15)14-5-3-2-4-6-14/h2-10,15H,11H2,1H3,(H2,20,21,23,26). The minimum atomic E-state index is -0.764. The number of para-hydroxylation sites is 1. The lowest BCUT2D eigenvalue weighted by Crippen LogP contribution is -2.38. The maximum atomic E-state index is 12.5. The molecule has 1 unspecified atom stereocenters. The van der Waals surface area contributed by atoms with E-state index in [9.17, 15) is 14.4 Å². The van der Waals surface area contributed by atoms with Crippen LogP contribution >= 0.6 is 24.0 Å². The molecule has 1 aliphatic rings. The molecule has 1 saturated heterocycles. The van der Waals surface area contributed by atoms with E-state index in [1.165, 1.54) is 0 Å². The van der Waals surface area contributed by atoms with Crippen LogP contribution in [0.1, 0.15) is 12.0 Å². The molecule has 1 aliphatic heterocycles. The van der Waals surface area contributed by atoms with Gasteiger partial charge in [-0.3, -0.25) is 14.4 Å². The van der Waals surface area contributed by atoms with Gasteiger partial charge in [0.05, 0.1) is 5.69 Å². The number of imide groups is 1. The van der Waals surface area contributed by atoms with E-state index in [4.69, 9.17) is 12.2 Å². The second kappa shape index (κ2) is 8.32. The van der Waals surface area contributed by atoms with E-state index in [1.54, 1.807) is 30.3 Å². The van der Waals surface area contributed by atoms with E-state index < -0.39 is 17.1 Å². The van der Waals surface area contributed by atoms with Gasteiger partial charge >= 0.3 is 0 Å². The Morgan fingerprint density at radius 3 is 2.44 bits per heavy atom. The van der Waals surface area contributed by atoms with Crippen molar-refractivity contribution in [1.29, 1.82) is 0 Å². The summed E-state index contributed by atoms with van der Waals surface area (Å²) in [5.41, 5.74) is 2.36. The quantitative estimate of drug-likeness (QED) is 0.767. The van der Waals surface area contributed by atoms with Crippen molar-refractivity contribution in [3.8, 4) is 0 Å². The third-order valence-corrected chi connectivity index (χ3v) is 5.11. The first-order valence-electron chi connectivity index (χ1n) is 8.21. The molecule has 3 amide bonds. The summed E-state index contributed by atoms with van der Waals surface area (Å²) in [5, 5.41) is 4.45. The van der Waals surface area contributed by atoms with Crippen molar-refractivity contribution in [2.75, 3.05) is 10.2 Å². The fourth-order valence-corrected chi connectivity index (χ4v) is 3.76. The van der Waals surface area contributed by atoms with Crippen LogP contribution in [0, 0.1) is 6.92 Å². The van der Waals surface area contributed by atoms with Gasteiger partial charge in [0.15, 0.2) is 5.11 Å². The molecular weight excluding hydrogens is 382 g/mol. The van der Waals surface area contributed by atoms with Crippen molar-refractivity contribution in [3.05, 3.63) is 60.2 Å². The molecule has 0 aliphatic carbocycles. The molecule has 2 aromatic rings. The number of benzene rings is 2. The van der Waals surface area contributed by atoms with E-state index in [2.05, 4.69) is 10.6 Å². The average molecular weight is 399 g/mol. The molecule has 138 valence electrons. The topological polar surface area (TPSA) is 78.5 Å². The van der Waals surface area contributed by atoms with Gasteiger partial charge in [-0.15, -0.1) is 0 Å². The minimum absolute atomic E-state index is 0.131. The normalized spacial score (nSPS) is 16.3. The van der Waals surface area contributed by atoms with Gasteiger partial charge in [-0.25, -0.2) is 4.90 Å². The number of anilines is 2. The van der Waals surface area contributed by atoms with Gasteiger partial charge in [-0.1, -0.05) is 35.9 Å². The maximum absolute atomic E-state index is 12.5. The Labute approximate surface area is 166 Å². The number of amides is 3. The number of thioether (sulfide) groups is 1. The molecule has 2 aromatic carbocycles. The summed E-state index contributed by atoms with van der Waals surface area (Å²) in [5.74, 6) is -0.822. The highest BCUT2D eigenvalue weighted by Gasteiger charge is 2.41. The number of carbonyl (C=O) groups excluding carboxylic acids is 3. The van der Waals surface area contributed by atoms with Crippen molar-refractivity contribution in [2.45, 2.75) is 18.6 Å². The number of thiocarbonyl (C=S) groups is 1. The van der Waals surface area contributed by atoms with E-state index in [0.29, 0.717) is 5.69 Å². The Balaban J connectivity index is 1.56. The Kier molecular flexibility index (Phi) is 5.88. The van der Waals surface area contributed by atoms with Gasteiger partial charge in [0.2, 0.25) is 11.8 Å². The molecule has 27 heavy (non-hydrogen) atoms. The first-order chi connectivity index (χ1) is 12.9. The van der Waals surface area contributed by atoms with Gasteiger partial charge in [0.25, 0.3) is 5.24 Å². The predicted octanol–water partition coefficient (Wildman–Crippen LogP) is 3.47. The van der Waals surface area contributed by atoms with E-state index in [-0.39, 0.29) is 16.8 Å². The van der Waals surface area contributed by atoms with Crippen LogP contribution in [0.25, 0.3) is 0 Å². The van der Waals surface area contributed by atoms with Crippen molar-refractivity contribution in [3.63, 3.8) is 0 Å². The van der Waals surface area contributed by atoms with Crippen LogP contribution in [0.5, 0.6) is 0 Å². The summed E-state index contributed by atoms with van der Waals surface area (Å²) < 4.78 is 0. The fraction of sp³-hybridized carbons (Fsp3) is 0.158. The highest BCUT2D eigenvalue weighted by atomic mass is 32.2. The molecule has 1 heterocycles. The number of hydrogen-bond donors (Lipinski definition) is 2. The lowest BCUT2D eigenvalue weighted by molar-refractivity contribution is -0.123. The maximum Gasteiger partial charge on any atom is 0.293 e. The summed E-state index contributed by atoms with van der Waals surface area (Å²) >= 11 is 5.98. The zero-order chi connectivity index (χ0) is 19.4. The summed E-state index contributed by atoms with van der Waals surface area (Å²) in [6.07, 6.45) is -0.131. The Bertz CT molecular complexity index is 885. The second-order valence-corrected chi connectivity index (χ2v) is 7.52. The molecule has 0 bridgehead atoms. The zero-order valence-electron chi connectivity index (χ0n) is 14.5. The Morgan fingerprint density at radius 1 is 1.11 bits per heavy atom. The summed E-state index contributed by atoms with van der Waals surface area (Å²) in [6, 6.07) is 16.2. The number of carbonyl (C=O) groups is 3. The third-order valence-electron chi connectivity index (χ3n) is 3.87. The molecule has 3 rings (SSSR count). The van der Waals surface area contributed by atoms with Crippen LogP contribution in [-0.4, -0.2) is 27.4 Å². The molecule has 2 N–H and O–H groups in total. The van der Waals surface area contributed by atoms with Gasteiger partial charge in [0.1, 0.15) is 5.25 Å². The van der Waals surface area contributed by atoms with Crippen LogP contribution in [-0.2, 0) is 9.59 Å². The molecule has 6 nitrogen and oxygen atoms in total. The Hall–Kier alpha value is -2.71. The van der Waals surface area contributed by atoms with Gasteiger partial charge in [0, 0.05) is 12.1 Å². The molecule has 1 atom stereocenters. The number of nitrogens with one attached hydrogen (secondary N) is 2. The lowest BCUT2D eigenvalue weighted by Gasteiger charge is -2.14. The first kappa shape index (κ1) is 19.1. The van der Waals surface area contributed by atoms with Gasteiger partial charge in [-0.05, 0) is 55.2 Å². The number of rotatable bonds is 4. The van der Waals surface area contributed by atoms with Gasteiger partial charge in [-0.2, -0.15) is 0 Å².